The highest BCUT2D eigenvalue weighted by Gasteiger charge is 2.12. The minimum Gasteiger partial charge on any atom is -0.494 e. The van der Waals surface area contributed by atoms with E-state index in [1.165, 1.54) is 38.5 Å². The van der Waals surface area contributed by atoms with Crippen molar-refractivity contribution < 1.29 is 32.9 Å². The molecule has 0 saturated carbocycles. The molecule has 0 radical (unpaired) electrons. The molecule has 0 saturated heterocycles. The highest BCUT2D eigenvalue weighted by Crippen LogP contribution is 2.29. The van der Waals surface area contributed by atoms with Crippen LogP contribution in [0.2, 0.25) is 0 Å². The summed E-state index contributed by atoms with van der Waals surface area (Å²) in [5.41, 5.74) is 0.781. The first-order valence-corrected chi connectivity index (χ1v) is 8.90. The SMILES string of the molecule is COc1ccc(C(=O)COC(=O)/C=C/c2ccc(OC(C)C)c(OC)c2)cc1F. The van der Waals surface area contributed by atoms with Gasteiger partial charge in [0.05, 0.1) is 20.3 Å². The number of ether oxygens (including phenoxy) is 4. The normalized spacial score (nSPS) is 10.8. The number of carbonyl (C=O) groups excluding carboxylic acids is 2. The monoisotopic (exact) mass is 402 g/mol. The lowest BCUT2D eigenvalue weighted by Gasteiger charge is -2.13. The molecule has 0 aliphatic rings. The Bertz CT molecular complexity index is 904. The zero-order valence-corrected chi connectivity index (χ0v) is 16.7. The first kappa shape index (κ1) is 21.9. The molecule has 7 heteroatoms. The quantitative estimate of drug-likeness (QED) is 0.358. The van der Waals surface area contributed by atoms with Gasteiger partial charge in [-0.3, -0.25) is 4.79 Å². The molecule has 0 amide bonds. The van der Waals surface area contributed by atoms with Gasteiger partial charge in [-0.05, 0) is 55.8 Å². The third-order valence-corrected chi connectivity index (χ3v) is 3.78. The van der Waals surface area contributed by atoms with E-state index < -0.39 is 24.2 Å². The van der Waals surface area contributed by atoms with Crippen molar-refractivity contribution >= 4 is 17.8 Å². The van der Waals surface area contributed by atoms with Crippen LogP contribution in [0.4, 0.5) is 4.39 Å². The van der Waals surface area contributed by atoms with Crippen LogP contribution in [0.1, 0.15) is 29.8 Å². The fourth-order valence-electron chi connectivity index (χ4n) is 2.41. The van der Waals surface area contributed by atoms with Crippen LogP contribution in [0, 0.1) is 5.82 Å². The maximum atomic E-state index is 13.7. The zero-order valence-electron chi connectivity index (χ0n) is 16.7. The third kappa shape index (κ3) is 6.34. The molecule has 2 aromatic carbocycles. The standard InChI is InChI=1S/C22H23FO6/c1-14(2)29-20-8-5-15(11-21(20)27-4)6-10-22(25)28-13-18(24)16-7-9-19(26-3)17(23)12-16/h5-12,14H,13H2,1-4H3/b10-6+. The summed E-state index contributed by atoms with van der Waals surface area (Å²) in [5.74, 6) is -0.727. The van der Waals surface area contributed by atoms with Crippen LogP contribution in [0.3, 0.4) is 0 Å². The second-order valence-electron chi connectivity index (χ2n) is 6.29. The van der Waals surface area contributed by atoms with Gasteiger partial charge in [-0.15, -0.1) is 0 Å². The lowest BCUT2D eigenvalue weighted by Crippen LogP contribution is -2.12. The van der Waals surface area contributed by atoms with Gasteiger partial charge in [-0.1, -0.05) is 6.07 Å². The van der Waals surface area contributed by atoms with Crippen molar-refractivity contribution in [2.75, 3.05) is 20.8 Å². The fraction of sp³-hybridized carbons (Fsp3) is 0.273. The van der Waals surface area contributed by atoms with Gasteiger partial charge >= 0.3 is 5.97 Å². The van der Waals surface area contributed by atoms with E-state index in [2.05, 4.69) is 0 Å². The topological polar surface area (TPSA) is 71.1 Å². The fourth-order valence-corrected chi connectivity index (χ4v) is 2.41. The summed E-state index contributed by atoms with van der Waals surface area (Å²) in [6, 6.07) is 9.00. The summed E-state index contributed by atoms with van der Waals surface area (Å²) in [6.07, 6.45) is 2.72. The van der Waals surface area contributed by atoms with Crippen molar-refractivity contribution in [3.63, 3.8) is 0 Å². The summed E-state index contributed by atoms with van der Waals surface area (Å²) in [4.78, 5) is 23.9. The Morgan fingerprint density at radius 1 is 1.00 bits per heavy atom. The summed E-state index contributed by atoms with van der Waals surface area (Å²) in [6.45, 7) is 3.31. The highest BCUT2D eigenvalue weighted by atomic mass is 19.1. The Balaban J connectivity index is 1.95. The number of Topliss-reactive ketones (excluding diaryl/α,β-unsaturated/α-hetero) is 1. The second kappa shape index (κ2) is 10.3. The van der Waals surface area contributed by atoms with Crippen molar-refractivity contribution in [3.05, 3.63) is 59.4 Å². The van der Waals surface area contributed by atoms with Gasteiger partial charge in [0.1, 0.15) is 0 Å². The molecule has 0 fully saturated rings. The molecule has 29 heavy (non-hydrogen) atoms. The molecule has 6 nitrogen and oxygen atoms in total. The number of hydrogen-bond donors (Lipinski definition) is 0. The molecule has 154 valence electrons. The minimum atomic E-state index is -0.700. The lowest BCUT2D eigenvalue weighted by atomic mass is 10.1. The molecule has 0 aromatic heterocycles. The Labute approximate surface area is 168 Å². The maximum Gasteiger partial charge on any atom is 0.331 e. The van der Waals surface area contributed by atoms with Crippen LogP contribution >= 0.6 is 0 Å². The molecule has 0 atom stereocenters. The van der Waals surface area contributed by atoms with E-state index in [0.29, 0.717) is 17.1 Å². The summed E-state index contributed by atoms with van der Waals surface area (Å²) in [7, 11) is 2.85. The lowest BCUT2D eigenvalue weighted by molar-refractivity contribution is -0.136. The van der Waals surface area contributed by atoms with Crippen LogP contribution in [0.5, 0.6) is 17.2 Å². The van der Waals surface area contributed by atoms with Crippen molar-refractivity contribution in [2.24, 2.45) is 0 Å². The molecule has 0 N–H and O–H groups in total. The van der Waals surface area contributed by atoms with Gasteiger partial charge < -0.3 is 18.9 Å². The average Bonchev–Trinajstić information content (AvgIpc) is 2.70. The largest absolute Gasteiger partial charge is 0.494 e. The Kier molecular flexibility index (Phi) is 7.77. The number of halogens is 1. The number of carbonyl (C=O) groups is 2. The number of methoxy groups -OCH3 is 2. The number of benzene rings is 2. The number of esters is 1. The van der Waals surface area contributed by atoms with Crippen LogP contribution in [-0.2, 0) is 9.53 Å². The number of rotatable bonds is 9. The van der Waals surface area contributed by atoms with Crippen molar-refractivity contribution in [1.29, 1.82) is 0 Å². The molecule has 0 bridgehead atoms. The van der Waals surface area contributed by atoms with E-state index in [9.17, 15) is 14.0 Å². The van der Waals surface area contributed by atoms with Crippen LogP contribution in [0.15, 0.2) is 42.5 Å². The zero-order chi connectivity index (χ0) is 21.4. The second-order valence-corrected chi connectivity index (χ2v) is 6.29. The molecule has 0 aliphatic carbocycles. The first-order valence-electron chi connectivity index (χ1n) is 8.90. The van der Waals surface area contributed by atoms with E-state index in [1.807, 2.05) is 13.8 Å². The number of hydrogen-bond acceptors (Lipinski definition) is 6. The van der Waals surface area contributed by atoms with Crippen molar-refractivity contribution in [3.8, 4) is 17.2 Å². The van der Waals surface area contributed by atoms with E-state index >= 15 is 0 Å². The average molecular weight is 402 g/mol. The Hall–Kier alpha value is -3.35. The molecule has 2 aromatic rings. The van der Waals surface area contributed by atoms with Gasteiger partial charge in [0, 0.05) is 11.6 Å². The Morgan fingerprint density at radius 2 is 1.69 bits per heavy atom. The summed E-state index contributed by atoms with van der Waals surface area (Å²) < 4.78 is 34.3. The van der Waals surface area contributed by atoms with Crippen LogP contribution < -0.4 is 14.2 Å². The van der Waals surface area contributed by atoms with E-state index in [0.717, 1.165) is 6.07 Å². The van der Waals surface area contributed by atoms with Gasteiger partial charge in [-0.25, -0.2) is 9.18 Å². The van der Waals surface area contributed by atoms with Crippen LogP contribution in [-0.4, -0.2) is 38.7 Å². The van der Waals surface area contributed by atoms with Crippen LogP contribution in [0.25, 0.3) is 6.08 Å². The molecule has 0 spiro atoms. The minimum absolute atomic E-state index is 0.00279. The molecule has 2 rings (SSSR count). The smallest absolute Gasteiger partial charge is 0.331 e. The predicted molar refractivity (Wildman–Crippen MR) is 106 cm³/mol. The predicted octanol–water partition coefficient (Wildman–Crippen LogP) is 4.07. The van der Waals surface area contributed by atoms with E-state index in [1.54, 1.807) is 18.2 Å². The molecule has 0 aliphatic heterocycles. The molecule has 0 unspecified atom stereocenters. The summed E-state index contributed by atoms with van der Waals surface area (Å²) >= 11 is 0. The van der Waals surface area contributed by atoms with E-state index in [-0.39, 0.29) is 17.4 Å². The maximum absolute atomic E-state index is 13.7. The van der Waals surface area contributed by atoms with Gasteiger partial charge in [0.15, 0.2) is 35.5 Å². The van der Waals surface area contributed by atoms with E-state index in [4.69, 9.17) is 18.9 Å². The summed E-state index contributed by atoms with van der Waals surface area (Å²) in [5, 5.41) is 0. The molecular formula is C22H23FO6. The Morgan fingerprint density at radius 3 is 2.31 bits per heavy atom. The number of ketones is 1. The molecule has 0 heterocycles. The first-order chi connectivity index (χ1) is 13.8. The molecular weight excluding hydrogens is 379 g/mol. The van der Waals surface area contributed by atoms with Gasteiger partial charge in [0.25, 0.3) is 0 Å². The van der Waals surface area contributed by atoms with Crippen molar-refractivity contribution in [1.82, 2.24) is 0 Å². The van der Waals surface area contributed by atoms with Gasteiger partial charge in [0.2, 0.25) is 0 Å². The highest BCUT2D eigenvalue weighted by molar-refractivity contribution is 5.99. The van der Waals surface area contributed by atoms with Gasteiger partial charge in [-0.2, -0.15) is 0 Å². The third-order valence-electron chi connectivity index (χ3n) is 3.78. The van der Waals surface area contributed by atoms with Crippen molar-refractivity contribution in [2.45, 2.75) is 20.0 Å².